The van der Waals surface area contributed by atoms with Gasteiger partial charge in [-0.2, -0.15) is 0 Å². The van der Waals surface area contributed by atoms with Crippen molar-refractivity contribution in [3.63, 3.8) is 0 Å². The van der Waals surface area contributed by atoms with E-state index in [4.69, 9.17) is 0 Å². The summed E-state index contributed by atoms with van der Waals surface area (Å²) in [5.74, 6) is 0.709. The van der Waals surface area contributed by atoms with E-state index >= 15 is 0 Å². The topological polar surface area (TPSA) is 0 Å². The zero-order valence-electron chi connectivity index (χ0n) is 8.67. The molecule has 0 amide bonds. The minimum absolute atomic E-state index is 0. The molecule has 1 rings (SSSR count). The molecule has 0 spiro atoms. The van der Waals surface area contributed by atoms with E-state index < -0.39 is 0 Å². The average Bonchev–Trinajstić information content (AvgIpc) is 2.21. The summed E-state index contributed by atoms with van der Waals surface area (Å²) < 4.78 is 0. The van der Waals surface area contributed by atoms with Gasteiger partial charge in [0.15, 0.2) is 0 Å². The zero-order valence-corrected chi connectivity index (χ0v) is 8.67. The van der Waals surface area contributed by atoms with Gasteiger partial charge in [0.25, 0.3) is 0 Å². The quantitative estimate of drug-likeness (QED) is 0.609. The first-order valence-corrected chi connectivity index (χ1v) is 4.89. The fraction of sp³-hybridized carbons (Fsp3) is 0.538. The Kier molecular flexibility index (Phi) is 10.5. The summed E-state index contributed by atoms with van der Waals surface area (Å²) in [4.78, 5) is 0. The molecule has 0 aliphatic carbocycles. The van der Waals surface area contributed by atoms with Crippen LogP contribution in [0.2, 0.25) is 0 Å². The molecule has 0 heterocycles. The summed E-state index contributed by atoms with van der Waals surface area (Å²) in [6.45, 7) is 8.48. The fourth-order valence-electron chi connectivity index (χ4n) is 1.02. The lowest BCUT2D eigenvalue weighted by atomic mass is 9.99. The molecule has 1 aromatic rings. The molecule has 0 saturated heterocycles. The van der Waals surface area contributed by atoms with E-state index in [-0.39, 0.29) is 7.43 Å². The van der Waals surface area contributed by atoms with Gasteiger partial charge in [-0.25, -0.2) is 0 Å². The number of hydrogen-bond acceptors (Lipinski definition) is 0. The Morgan fingerprint density at radius 1 is 1.08 bits per heavy atom. The van der Waals surface area contributed by atoms with Gasteiger partial charge in [-0.15, -0.1) is 0 Å². The molecule has 1 atom stereocenters. The standard InChI is InChI=1S/C10H14.C2H6.CH4/c1-3-9(2)10-7-5-4-6-8-10;1-2;/h4-9H,3H2,1-2H3;1-2H3;1H4. The zero-order chi connectivity index (χ0) is 9.40. The lowest BCUT2D eigenvalue weighted by Gasteiger charge is -2.06. The number of rotatable bonds is 2. The van der Waals surface area contributed by atoms with Crippen LogP contribution in [0, 0.1) is 0 Å². The van der Waals surface area contributed by atoms with Gasteiger partial charge in [0.2, 0.25) is 0 Å². The summed E-state index contributed by atoms with van der Waals surface area (Å²) in [5.41, 5.74) is 1.45. The van der Waals surface area contributed by atoms with Gasteiger partial charge in [-0.3, -0.25) is 0 Å². The smallest absolute Gasteiger partial charge is 0.0193 e. The third-order valence-corrected chi connectivity index (χ3v) is 1.98. The van der Waals surface area contributed by atoms with E-state index in [1.54, 1.807) is 0 Å². The highest BCUT2D eigenvalue weighted by atomic mass is 14.0. The molecule has 0 N–H and O–H groups in total. The molecule has 0 radical (unpaired) electrons. The van der Waals surface area contributed by atoms with Crippen molar-refractivity contribution in [2.45, 2.75) is 47.5 Å². The molecule has 0 aliphatic heterocycles. The molecule has 1 aromatic carbocycles. The van der Waals surface area contributed by atoms with Gasteiger partial charge in [0.05, 0.1) is 0 Å². The van der Waals surface area contributed by atoms with Crippen LogP contribution in [0.5, 0.6) is 0 Å². The van der Waals surface area contributed by atoms with Crippen molar-refractivity contribution in [3.05, 3.63) is 35.9 Å². The average molecular weight is 180 g/mol. The maximum absolute atomic E-state index is 2.26. The van der Waals surface area contributed by atoms with E-state index in [9.17, 15) is 0 Å². The molecule has 13 heavy (non-hydrogen) atoms. The highest BCUT2D eigenvalue weighted by Gasteiger charge is 1.98. The molecule has 76 valence electrons. The largest absolute Gasteiger partial charge is 0.0776 e. The minimum Gasteiger partial charge on any atom is -0.0776 e. The predicted molar refractivity (Wildman–Crippen MR) is 63.2 cm³/mol. The van der Waals surface area contributed by atoms with Crippen LogP contribution in [-0.2, 0) is 0 Å². The Morgan fingerprint density at radius 2 is 1.54 bits per heavy atom. The van der Waals surface area contributed by atoms with Gasteiger partial charge >= 0.3 is 0 Å². The molecule has 0 aliphatic rings. The summed E-state index contributed by atoms with van der Waals surface area (Å²) in [6, 6.07) is 10.6. The summed E-state index contributed by atoms with van der Waals surface area (Å²) in [5, 5.41) is 0. The van der Waals surface area contributed by atoms with E-state index in [1.165, 1.54) is 12.0 Å². The number of benzene rings is 1. The second kappa shape index (κ2) is 9.31. The third-order valence-electron chi connectivity index (χ3n) is 1.98. The van der Waals surface area contributed by atoms with Crippen molar-refractivity contribution < 1.29 is 0 Å². The molecule has 0 saturated carbocycles. The monoisotopic (exact) mass is 180 g/mol. The van der Waals surface area contributed by atoms with E-state index in [2.05, 4.69) is 44.2 Å². The Labute approximate surface area is 84.0 Å². The second-order valence-electron chi connectivity index (χ2n) is 2.72. The maximum Gasteiger partial charge on any atom is -0.0193 e. The van der Waals surface area contributed by atoms with Gasteiger partial charge < -0.3 is 0 Å². The van der Waals surface area contributed by atoms with Crippen LogP contribution >= 0.6 is 0 Å². The summed E-state index contributed by atoms with van der Waals surface area (Å²) in [7, 11) is 0. The minimum atomic E-state index is 0. The molecular weight excluding hydrogens is 156 g/mol. The molecule has 0 nitrogen and oxygen atoms in total. The van der Waals surface area contributed by atoms with Crippen LogP contribution in [0.3, 0.4) is 0 Å². The normalized spacial score (nSPS) is 10.5. The van der Waals surface area contributed by atoms with E-state index in [0.29, 0.717) is 5.92 Å². The maximum atomic E-state index is 2.26. The lowest BCUT2D eigenvalue weighted by molar-refractivity contribution is 0.733. The molecule has 0 aromatic heterocycles. The Balaban J connectivity index is 0. The van der Waals surface area contributed by atoms with Gasteiger partial charge in [0, 0.05) is 0 Å². The molecular formula is C13H24. The van der Waals surface area contributed by atoms with Gasteiger partial charge in [0.1, 0.15) is 0 Å². The second-order valence-corrected chi connectivity index (χ2v) is 2.72. The number of hydrogen-bond donors (Lipinski definition) is 0. The predicted octanol–water partition coefficient (Wildman–Crippen LogP) is 4.86. The molecule has 1 unspecified atom stereocenters. The third kappa shape index (κ3) is 5.46. The first kappa shape index (κ1) is 14.7. The Morgan fingerprint density at radius 3 is 1.92 bits per heavy atom. The van der Waals surface area contributed by atoms with Crippen LogP contribution in [0.25, 0.3) is 0 Å². The van der Waals surface area contributed by atoms with Crippen molar-refractivity contribution in [2.75, 3.05) is 0 Å². The highest BCUT2D eigenvalue weighted by molar-refractivity contribution is 5.18. The van der Waals surface area contributed by atoms with Crippen molar-refractivity contribution >= 4 is 0 Å². The van der Waals surface area contributed by atoms with E-state index in [1.807, 2.05) is 13.8 Å². The van der Waals surface area contributed by atoms with Crippen molar-refractivity contribution in [2.24, 2.45) is 0 Å². The SMILES string of the molecule is C.CC.CCC(C)c1ccccc1. The lowest BCUT2D eigenvalue weighted by Crippen LogP contribution is -1.88. The summed E-state index contributed by atoms with van der Waals surface area (Å²) in [6.07, 6.45) is 1.23. The van der Waals surface area contributed by atoms with Crippen molar-refractivity contribution in [1.82, 2.24) is 0 Å². The van der Waals surface area contributed by atoms with Gasteiger partial charge in [-0.05, 0) is 17.9 Å². The first-order chi connectivity index (χ1) is 5.84. The fourth-order valence-corrected chi connectivity index (χ4v) is 1.02. The van der Waals surface area contributed by atoms with Crippen molar-refractivity contribution in [3.8, 4) is 0 Å². The Bertz CT molecular complexity index is 176. The van der Waals surface area contributed by atoms with Crippen molar-refractivity contribution in [1.29, 1.82) is 0 Å². The van der Waals surface area contributed by atoms with Crippen LogP contribution < -0.4 is 0 Å². The highest BCUT2D eigenvalue weighted by Crippen LogP contribution is 2.16. The molecule has 0 heteroatoms. The van der Waals surface area contributed by atoms with Crippen LogP contribution in [0.15, 0.2) is 30.3 Å². The van der Waals surface area contributed by atoms with Crippen LogP contribution in [0.1, 0.15) is 53.0 Å². The molecule has 0 fully saturated rings. The van der Waals surface area contributed by atoms with Crippen LogP contribution in [-0.4, -0.2) is 0 Å². The summed E-state index contributed by atoms with van der Waals surface area (Å²) >= 11 is 0. The van der Waals surface area contributed by atoms with Gasteiger partial charge in [-0.1, -0.05) is 65.5 Å². The Hall–Kier alpha value is -0.780. The van der Waals surface area contributed by atoms with E-state index in [0.717, 1.165) is 0 Å². The first-order valence-electron chi connectivity index (χ1n) is 4.89. The van der Waals surface area contributed by atoms with Crippen LogP contribution in [0.4, 0.5) is 0 Å². The molecule has 0 bridgehead atoms.